The van der Waals surface area contributed by atoms with Crippen LogP contribution < -0.4 is 10.2 Å². The SMILES string of the molecule is CCN(C(=O)Nc1c(-c2c(Cl)cccc2Cl)noc1C)c1ccccc1. The first-order valence-electron chi connectivity index (χ1n) is 8.07. The fourth-order valence-electron chi connectivity index (χ4n) is 2.64. The summed E-state index contributed by atoms with van der Waals surface area (Å²) < 4.78 is 5.28. The van der Waals surface area contributed by atoms with Crippen LogP contribution in [0.25, 0.3) is 11.3 Å². The van der Waals surface area contributed by atoms with Gasteiger partial charge in [-0.25, -0.2) is 4.79 Å². The smallest absolute Gasteiger partial charge is 0.326 e. The second-order valence-corrected chi connectivity index (χ2v) is 6.38. The van der Waals surface area contributed by atoms with Crippen LogP contribution in [-0.2, 0) is 0 Å². The van der Waals surface area contributed by atoms with E-state index < -0.39 is 0 Å². The van der Waals surface area contributed by atoms with Crippen molar-refractivity contribution < 1.29 is 9.32 Å². The number of halogens is 2. The Hall–Kier alpha value is -2.50. The van der Waals surface area contributed by atoms with Crippen LogP contribution in [0.4, 0.5) is 16.2 Å². The van der Waals surface area contributed by atoms with Crippen molar-refractivity contribution in [1.82, 2.24) is 5.16 Å². The van der Waals surface area contributed by atoms with E-state index in [4.69, 9.17) is 27.7 Å². The van der Waals surface area contributed by atoms with Gasteiger partial charge in [-0.1, -0.05) is 52.6 Å². The van der Waals surface area contributed by atoms with Crippen LogP contribution in [0, 0.1) is 6.92 Å². The Labute approximate surface area is 161 Å². The first kappa shape index (κ1) is 18.3. The zero-order chi connectivity index (χ0) is 18.7. The van der Waals surface area contributed by atoms with Gasteiger partial charge in [-0.05, 0) is 38.1 Å². The number of aryl methyl sites for hydroxylation is 1. The number of nitrogens with one attached hydrogen (secondary N) is 1. The van der Waals surface area contributed by atoms with E-state index in [1.54, 1.807) is 30.0 Å². The summed E-state index contributed by atoms with van der Waals surface area (Å²) in [6, 6.07) is 14.3. The lowest BCUT2D eigenvalue weighted by molar-refractivity contribution is 0.257. The molecule has 0 aliphatic carbocycles. The largest absolute Gasteiger partial charge is 0.359 e. The van der Waals surface area contributed by atoms with Crippen LogP contribution in [0.2, 0.25) is 10.0 Å². The first-order valence-corrected chi connectivity index (χ1v) is 8.82. The maximum atomic E-state index is 12.8. The number of carbonyl (C=O) groups excluding carboxylic acids is 1. The number of amides is 2. The molecule has 0 radical (unpaired) electrons. The standard InChI is InChI=1S/C19H17Cl2N3O2/c1-3-24(13-8-5-4-6-9-13)19(25)22-17-12(2)26-23-18(17)16-14(20)10-7-11-15(16)21/h4-11H,3H2,1-2H3,(H,22,25). The number of hydrogen-bond donors (Lipinski definition) is 1. The molecular weight excluding hydrogens is 373 g/mol. The number of nitrogens with zero attached hydrogens (tertiary/aromatic N) is 2. The zero-order valence-corrected chi connectivity index (χ0v) is 15.8. The number of carbonyl (C=O) groups is 1. The van der Waals surface area contributed by atoms with Crippen LogP contribution in [0.5, 0.6) is 0 Å². The third-order valence-corrected chi connectivity index (χ3v) is 4.55. The summed E-state index contributed by atoms with van der Waals surface area (Å²) in [4.78, 5) is 14.4. The van der Waals surface area contributed by atoms with Gasteiger partial charge in [0.15, 0.2) is 5.76 Å². The van der Waals surface area contributed by atoms with Crippen LogP contribution in [0.1, 0.15) is 12.7 Å². The van der Waals surface area contributed by atoms with E-state index in [0.717, 1.165) is 5.69 Å². The number of aromatic nitrogens is 1. The molecule has 2 aromatic carbocycles. The molecule has 5 nitrogen and oxygen atoms in total. The van der Waals surface area contributed by atoms with Crippen LogP contribution in [-0.4, -0.2) is 17.7 Å². The predicted molar refractivity (Wildman–Crippen MR) is 105 cm³/mol. The summed E-state index contributed by atoms with van der Waals surface area (Å²) in [7, 11) is 0. The van der Waals surface area contributed by atoms with Gasteiger partial charge in [0.05, 0.1) is 10.0 Å². The molecule has 0 fully saturated rings. The Morgan fingerprint density at radius 2 is 1.77 bits per heavy atom. The molecule has 1 N–H and O–H groups in total. The Bertz CT molecular complexity index is 906. The fourth-order valence-corrected chi connectivity index (χ4v) is 3.22. The van der Waals surface area contributed by atoms with Gasteiger partial charge < -0.3 is 9.84 Å². The molecule has 1 aromatic heterocycles. The lowest BCUT2D eigenvalue weighted by Crippen LogP contribution is -2.34. The van der Waals surface area contributed by atoms with Gasteiger partial charge in [0.2, 0.25) is 0 Å². The van der Waals surface area contributed by atoms with E-state index in [-0.39, 0.29) is 6.03 Å². The molecule has 1 heterocycles. The van der Waals surface area contributed by atoms with Gasteiger partial charge in [-0.2, -0.15) is 0 Å². The molecule has 0 atom stereocenters. The Kier molecular flexibility index (Phi) is 5.49. The van der Waals surface area contributed by atoms with Gasteiger partial charge in [0.1, 0.15) is 11.4 Å². The first-order chi connectivity index (χ1) is 12.5. The number of para-hydroxylation sites is 1. The summed E-state index contributed by atoms with van der Waals surface area (Å²) >= 11 is 12.6. The Balaban J connectivity index is 1.96. The Morgan fingerprint density at radius 1 is 1.12 bits per heavy atom. The summed E-state index contributed by atoms with van der Waals surface area (Å²) in [6.45, 7) is 4.12. The highest BCUT2D eigenvalue weighted by Crippen LogP contribution is 2.39. The molecule has 0 spiro atoms. The monoisotopic (exact) mass is 389 g/mol. The van der Waals surface area contributed by atoms with Crippen LogP contribution >= 0.6 is 23.2 Å². The van der Waals surface area contributed by atoms with Crippen molar-refractivity contribution in [2.75, 3.05) is 16.8 Å². The second kappa shape index (κ2) is 7.81. The van der Waals surface area contributed by atoms with Crippen molar-refractivity contribution >= 4 is 40.6 Å². The van der Waals surface area contributed by atoms with Crippen molar-refractivity contribution in [3.8, 4) is 11.3 Å². The molecule has 2 amide bonds. The summed E-state index contributed by atoms with van der Waals surface area (Å²) in [6.07, 6.45) is 0. The topological polar surface area (TPSA) is 58.4 Å². The molecule has 0 aliphatic heterocycles. The number of anilines is 2. The van der Waals surface area contributed by atoms with Gasteiger partial charge in [0.25, 0.3) is 0 Å². The van der Waals surface area contributed by atoms with Crippen LogP contribution in [0.15, 0.2) is 53.1 Å². The minimum absolute atomic E-state index is 0.297. The third-order valence-electron chi connectivity index (χ3n) is 3.92. The minimum atomic E-state index is -0.297. The lowest BCUT2D eigenvalue weighted by atomic mass is 10.1. The fraction of sp³-hybridized carbons (Fsp3) is 0.158. The van der Waals surface area contributed by atoms with Crippen molar-refractivity contribution in [3.05, 3.63) is 64.3 Å². The maximum absolute atomic E-state index is 12.8. The molecule has 3 rings (SSSR count). The molecule has 0 bridgehead atoms. The van der Waals surface area contributed by atoms with Crippen molar-refractivity contribution in [2.24, 2.45) is 0 Å². The molecule has 3 aromatic rings. The highest BCUT2D eigenvalue weighted by Gasteiger charge is 2.23. The molecule has 7 heteroatoms. The van der Waals surface area contributed by atoms with Gasteiger partial charge in [-0.3, -0.25) is 4.90 Å². The Morgan fingerprint density at radius 3 is 2.38 bits per heavy atom. The summed E-state index contributed by atoms with van der Waals surface area (Å²) in [5.41, 5.74) is 2.15. The van der Waals surface area contributed by atoms with Gasteiger partial charge in [-0.15, -0.1) is 0 Å². The van der Waals surface area contributed by atoms with Gasteiger partial charge >= 0.3 is 6.03 Å². The van der Waals surface area contributed by atoms with Crippen molar-refractivity contribution in [1.29, 1.82) is 0 Å². The summed E-state index contributed by atoms with van der Waals surface area (Å²) in [5, 5.41) is 7.77. The molecule has 0 saturated heterocycles. The average molecular weight is 390 g/mol. The number of hydrogen-bond acceptors (Lipinski definition) is 3. The molecule has 0 unspecified atom stereocenters. The van der Waals surface area contributed by atoms with Gasteiger partial charge in [0, 0.05) is 17.8 Å². The van der Waals surface area contributed by atoms with E-state index in [0.29, 0.717) is 39.3 Å². The number of rotatable bonds is 4. The quantitative estimate of drug-likeness (QED) is 0.593. The van der Waals surface area contributed by atoms with E-state index in [1.807, 2.05) is 37.3 Å². The molecule has 26 heavy (non-hydrogen) atoms. The number of urea groups is 1. The maximum Gasteiger partial charge on any atom is 0.326 e. The molecular formula is C19H17Cl2N3O2. The average Bonchev–Trinajstić information content (AvgIpc) is 2.97. The second-order valence-electron chi connectivity index (χ2n) is 5.57. The predicted octanol–water partition coefficient (Wildman–Crippen LogP) is 6.02. The normalized spacial score (nSPS) is 10.6. The highest BCUT2D eigenvalue weighted by molar-refractivity contribution is 6.39. The molecule has 134 valence electrons. The zero-order valence-electron chi connectivity index (χ0n) is 14.3. The number of benzene rings is 2. The highest BCUT2D eigenvalue weighted by atomic mass is 35.5. The van der Waals surface area contributed by atoms with E-state index in [9.17, 15) is 4.79 Å². The van der Waals surface area contributed by atoms with E-state index in [1.165, 1.54) is 0 Å². The molecule has 0 saturated carbocycles. The minimum Gasteiger partial charge on any atom is -0.359 e. The summed E-state index contributed by atoms with van der Waals surface area (Å²) in [5.74, 6) is 0.466. The van der Waals surface area contributed by atoms with Crippen LogP contribution in [0.3, 0.4) is 0 Å². The molecule has 0 aliphatic rings. The van der Waals surface area contributed by atoms with Crippen molar-refractivity contribution in [2.45, 2.75) is 13.8 Å². The van der Waals surface area contributed by atoms with E-state index >= 15 is 0 Å². The van der Waals surface area contributed by atoms with Crippen molar-refractivity contribution in [3.63, 3.8) is 0 Å². The van der Waals surface area contributed by atoms with E-state index in [2.05, 4.69) is 10.5 Å². The lowest BCUT2D eigenvalue weighted by Gasteiger charge is -2.21. The third kappa shape index (κ3) is 3.54.